The van der Waals surface area contributed by atoms with E-state index in [0.29, 0.717) is 53.7 Å². The number of carbonyl (C=O) groups is 3. The zero-order chi connectivity index (χ0) is 20.5. The van der Waals surface area contributed by atoms with Crippen molar-refractivity contribution < 1.29 is 19.1 Å². The summed E-state index contributed by atoms with van der Waals surface area (Å²) in [6.45, 7) is 7.10. The lowest BCUT2D eigenvalue weighted by Crippen LogP contribution is -2.33. The second kappa shape index (κ2) is 11.0. The molecule has 1 aliphatic heterocycles. The smallest absolute Gasteiger partial charge is 0.267 e. The van der Waals surface area contributed by atoms with E-state index in [1.165, 1.54) is 23.6 Å². The molecule has 0 saturated heterocycles. The van der Waals surface area contributed by atoms with Crippen molar-refractivity contribution in [2.45, 2.75) is 40.0 Å². The van der Waals surface area contributed by atoms with Crippen LogP contribution in [-0.4, -0.2) is 48.1 Å². The van der Waals surface area contributed by atoms with Gasteiger partial charge in [0.25, 0.3) is 11.8 Å². The number of hydrogen-bond donors (Lipinski definition) is 1. The fourth-order valence-electron chi connectivity index (χ4n) is 2.89. The Bertz CT molecular complexity index is 743. The Balaban J connectivity index is 2.11. The predicted molar refractivity (Wildman–Crippen MR) is 113 cm³/mol. The van der Waals surface area contributed by atoms with Gasteiger partial charge in [-0.05, 0) is 36.3 Å². The zero-order valence-electron chi connectivity index (χ0n) is 16.7. The van der Waals surface area contributed by atoms with Crippen LogP contribution in [0.2, 0.25) is 0 Å². The first-order valence-electron chi connectivity index (χ1n) is 9.68. The summed E-state index contributed by atoms with van der Waals surface area (Å²) in [7, 11) is 0. The highest BCUT2D eigenvalue weighted by molar-refractivity contribution is 8.04. The largest absolute Gasteiger partial charge is 0.381 e. The summed E-state index contributed by atoms with van der Waals surface area (Å²) in [5.74, 6) is 0.0530. The molecule has 1 N–H and O–H groups in total. The van der Waals surface area contributed by atoms with E-state index in [4.69, 9.17) is 4.74 Å². The minimum atomic E-state index is -0.262. The summed E-state index contributed by atoms with van der Waals surface area (Å²) in [6.07, 6.45) is 2.72. The number of nitrogens with zero attached hydrogens (tertiary/aromatic N) is 1. The lowest BCUT2D eigenvalue weighted by molar-refractivity contribution is -0.136. The summed E-state index contributed by atoms with van der Waals surface area (Å²) in [6, 6.07) is 7.00. The van der Waals surface area contributed by atoms with E-state index >= 15 is 0 Å². The Hall–Kier alpha value is -2.12. The van der Waals surface area contributed by atoms with Crippen molar-refractivity contribution in [2.24, 2.45) is 0 Å². The molecule has 152 valence electrons. The third kappa shape index (κ3) is 5.69. The summed E-state index contributed by atoms with van der Waals surface area (Å²) in [5.41, 5.74) is 1.78. The van der Waals surface area contributed by atoms with Crippen molar-refractivity contribution in [3.8, 4) is 0 Å². The molecule has 1 heterocycles. The molecule has 1 aliphatic rings. The molecule has 7 heteroatoms. The van der Waals surface area contributed by atoms with Crippen LogP contribution in [0, 0.1) is 0 Å². The van der Waals surface area contributed by atoms with Crippen LogP contribution in [0.25, 0.3) is 5.57 Å². The Morgan fingerprint density at radius 2 is 1.75 bits per heavy atom. The molecule has 0 spiro atoms. The van der Waals surface area contributed by atoms with Gasteiger partial charge in [-0.2, -0.15) is 0 Å². The Kier molecular flexibility index (Phi) is 8.73. The highest BCUT2D eigenvalue weighted by Gasteiger charge is 2.38. The van der Waals surface area contributed by atoms with Crippen LogP contribution in [0.15, 0.2) is 29.2 Å². The third-order valence-electron chi connectivity index (χ3n) is 4.22. The van der Waals surface area contributed by atoms with E-state index in [1.807, 2.05) is 6.92 Å². The number of rotatable bonds is 11. The first kappa shape index (κ1) is 22.2. The number of hydrogen-bond acceptors (Lipinski definition) is 5. The van der Waals surface area contributed by atoms with E-state index in [9.17, 15) is 14.4 Å². The second-order valence-corrected chi connectivity index (χ2v) is 7.75. The van der Waals surface area contributed by atoms with Crippen molar-refractivity contribution in [1.82, 2.24) is 4.90 Å². The van der Waals surface area contributed by atoms with E-state index in [-0.39, 0.29) is 17.7 Å². The Morgan fingerprint density at radius 1 is 1.07 bits per heavy atom. The van der Waals surface area contributed by atoms with Gasteiger partial charge in [0.1, 0.15) is 0 Å². The Morgan fingerprint density at radius 3 is 2.36 bits per heavy atom. The lowest BCUT2D eigenvalue weighted by Gasteiger charge is -2.15. The number of thioether (sulfide) groups is 1. The van der Waals surface area contributed by atoms with Gasteiger partial charge in [0.15, 0.2) is 0 Å². The predicted octanol–water partition coefficient (Wildman–Crippen LogP) is 3.68. The third-order valence-corrected chi connectivity index (χ3v) is 5.18. The van der Waals surface area contributed by atoms with Crippen LogP contribution in [0.5, 0.6) is 0 Å². The number of anilines is 1. The number of ether oxygens (including phenoxy) is 1. The monoisotopic (exact) mass is 404 g/mol. The van der Waals surface area contributed by atoms with Crippen molar-refractivity contribution in [3.63, 3.8) is 0 Å². The first-order chi connectivity index (χ1) is 13.5. The van der Waals surface area contributed by atoms with Crippen molar-refractivity contribution in [2.75, 3.05) is 30.8 Å². The average molecular weight is 405 g/mol. The van der Waals surface area contributed by atoms with Gasteiger partial charge in [0, 0.05) is 32.4 Å². The molecule has 0 unspecified atom stereocenters. The van der Waals surface area contributed by atoms with Crippen molar-refractivity contribution in [1.29, 1.82) is 0 Å². The van der Waals surface area contributed by atoms with Crippen LogP contribution < -0.4 is 5.32 Å². The molecule has 0 radical (unpaired) electrons. The summed E-state index contributed by atoms with van der Waals surface area (Å²) in [5, 5.41) is 2.70. The van der Waals surface area contributed by atoms with Crippen LogP contribution in [0.4, 0.5) is 5.69 Å². The maximum Gasteiger partial charge on any atom is 0.267 e. The van der Waals surface area contributed by atoms with Gasteiger partial charge >= 0.3 is 0 Å². The Labute approximate surface area is 170 Å². The molecule has 0 atom stereocenters. The minimum absolute atomic E-state index is 0.159. The van der Waals surface area contributed by atoms with Gasteiger partial charge < -0.3 is 10.1 Å². The number of unbranched alkanes of at least 4 members (excludes halogenated alkanes) is 1. The topological polar surface area (TPSA) is 75.7 Å². The molecule has 0 fully saturated rings. The standard InChI is InChI=1S/C21H28N2O4S/c1-4-6-13-27-14-7-12-23-20(25)18(19(21(23)26)28-5-2)16-8-10-17(11-9-16)22-15(3)24/h8-11H,4-7,12-14H2,1-3H3,(H,22,24). The summed E-state index contributed by atoms with van der Waals surface area (Å²) >= 11 is 1.39. The molecule has 0 aromatic heterocycles. The van der Waals surface area contributed by atoms with E-state index in [0.717, 1.165) is 12.8 Å². The molecule has 0 aliphatic carbocycles. The maximum absolute atomic E-state index is 13.0. The maximum atomic E-state index is 13.0. The number of carbonyl (C=O) groups excluding carboxylic acids is 3. The van der Waals surface area contributed by atoms with Gasteiger partial charge in [-0.1, -0.05) is 32.4 Å². The fourth-order valence-corrected chi connectivity index (χ4v) is 3.76. The van der Waals surface area contributed by atoms with Gasteiger partial charge in [-0.3, -0.25) is 19.3 Å². The highest BCUT2D eigenvalue weighted by Crippen LogP contribution is 2.36. The van der Waals surface area contributed by atoms with E-state index in [2.05, 4.69) is 12.2 Å². The first-order valence-corrected chi connectivity index (χ1v) is 10.7. The van der Waals surface area contributed by atoms with Crippen LogP contribution >= 0.6 is 11.8 Å². The number of benzene rings is 1. The fraction of sp³-hybridized carbons (Fsp3) is 0.476. The number of amides is 3. The summed E-state index contributed by atoms with van der Waals surface area (Å²) in [4.78, 5) is 38.7. The number of nitrogens with one attached hydrogen (secondary N) is 1. The molecule has 2 rings (SSSR count). The van der Waals surface area contributed by atoms with Crippen LogP contribution in [0.3, 0.4) is 0 Å². The molecule has 3 amide bonds. The van der Waals surface area contributed by atoms with Gasteiger partial charge in [-0.15, -0.1) is 11.8 Å². The molecule has 28 heavy (non-hydrogen) atoms. The molecular weight excluding hydrogens is 376 g/mol. The normalized spacial score (nSPS) is 14.2. The number of imide groups is 1. The minimum Gasteiger partial charge on any atom is -0.381 e. The van der Waals surface area contributed by atoms with Gasteiger partial charge in [0.05, 0.1) is 10.5 Å². The van der Waals surface area contributed by atoms with Gasteiger partial charge in [0.2, 0.25) is 5.91 Å². The van der Waals surface area contributed by atoms with Gasteiger partial charge in [-0.25, -0.2) is 0 Å². The van der Waals surface area contributed by atoms with Crippen LogP contribution in [0.1, 0.15) is 45.6 Å². The van der Waals surface area contributed by atoms with Crippen LogP contribution in [-0.2, 0) is 19.1 Å². The van der Waals surface area contributed by atoms with Crippen molar-refractivity contribution in [3.05, 3.63) is 34.7 Å². The lowest BCUT2D eigenvalue weighted by atomic mass is 10.1. The van der Waals surface area contributed by atoms with Crippen molar-refractivity contribution >= 4 is 40.7 Å². The molecule has 6 nitrogen and oxygen atoms in total. The van der Waals surface area contributed by atoms with E-state index in [1.54, 1.807) is 24.3 Å². The molecule has 1 aromatic rings. The molecular formula is C21H28N2O4S. The molecule has 1 aromatic carbocycles. The molecule has 0 saturated carbocycles. The quantitative estimate of drug-likeness (QED) is 0.450. The summed E-state index contributed by atoms with van der Waals surface area (Å²) < 4.78 is 5.53. The van der Waals surface area contributed by atoms with E-state index < -0.39 is 0 Å². The average Bonchev–Trinajstić information content (AvgIpc) is 2.89. The highest BCUT2D eigenvalue weighted by atomic mass is 32.2. The SMILES string of the molecule is CCCCOCCCN1C(=O)C(SCC)=C(c2ccc(NC(C)=O)cc2)C1=O. The zero-order valence-corrected chi connectivity index (χ0v) is 17.6. The second-order valence-electron chi connectivity index (χ2n) is 6.48. The molecule has 0 bridgehead atoms.